The number of hydrogen-bond acceptors (Lipinski definition) is 2. The van der Waals surface area contributed by atoms with Gasteiger partial charge in [-0.2, -0.15) is 0 Å². The molecule has 3 heteroatoms. The molecular formula is C9H12N2O. The minimum absolute atomic E-state index is 0.0457. The Bertz CT molecular complexity index is 323. The van der Waals surface area contributed by atoms with Crippen LogP contribution in [0.25, 0.3) is 0 Å². The van der Waals surface area contributed by atoms with Crippen LogP contribution in [-0.2, 0) is 7.05 Å². The van der Waals surface area contributed by atoms with Crippen molar-refractivity contribution >= 4 is 5.78 Å². The number of aryl methyl sites for hydroxylation is 1. The molecule has 0 spiro atoms. The lowest BCUT2D eigenvalue weighted by atomic mass is 10.3. The van der Waals surface area contributed by atoms with Crippen molar-refractivity contribution in [3.05, 3.63) is 17.7 Å². The Hall–Kier alpha value is -1.12. The maximum Gasteiger partial charge on any atom is 0.195 e. The lowest BCUT2D eigenvalue weighted by Crippen LogP contribution is -2.02. The summed E-state index contributed by atoms with van der Waals surface area (Å²) in [5, 5.41) is 0. The first kappa shape index (κ1) is 7.53. The van der Waals surface area contributed by atoms with E-state index in [9.17, 15) is 4.79 Å². The predicted octanol–water partition coefficient (Wildman–Crippen LogP) is 1.50. The molecule has 2 rings (SSSR count). The van der Waals surface area contributed by atoms with Gasteiger partial charge in [0.05, 0.1) is 5.69 Å². The van der Waals surface area contributed by atoms with Crippen molar-refractivity contribution < 1.29 is 4.79 Å². The summed E-state index contributed by atoms with van der Waals surface area (Å²) in [7, 11) is 1.87. The predicted molar refractivity (Wildman–Crippen MR) is 45.2 cm³/mol. The number of Topliss-reactive ketones (excluding diaryl/α,β-unsaturated/α-hetero) is 1. The van der Waals surface area contributed by atoms with Crippen LogP contribution in [0.2, 0.25) is 0 Å². The molecule has 0 aromatic carbocycles. The van der Waals surface area contributed by atoms with Gasteiger partial charge in [0.25, 0.3) is 0 Å². The average molecular weight is 164 g/mol. The minimum Gasteiger partial charge on any atom is -0.331 e. The number of aromatic nitrogens is 2. The quantitative estimate of drug-likeness (QED) is 0.621. The number of carbonyl (C=O) groups is 1. The highest BCUT2D eigenvalue weighted by Crippen LogP contribution is 2.39. The van der Waals surface area contributed by atoms with E-state index in [0.717, 1.165) is 5.69 Å². The lowest BCUT2D eigenvalue weighted by Gasteiger charge is -1.92. The molecule has 1 aliphatic rings. The summed E-state index contributed by atoms with van der Waals surface area (Å²) in [6.45, 7) is 1.55. The first-order valence-electron chi connectivity index (χ1n) is 4.22. The molecule has 1 aromatic rings. The fourth-order valence-electron chi connectivity index (χ4n) is 1.39. The zero-order chi connectivity index (χ0) is 8.72. The third-order valence-corrected chi connectivity index (χ3v) is 2.21. The standard InChI is InChI=1S/C9H12N2O/c1-6(12)9-10-8(5-11(9)2)7-3-4-7/h5,7H,3-4H2,1-2H3. The Morgan fingerprint density at radius 2 is 2.33 bits per heavy atom. The third kappa shape index (κ3) is 1.15. The first-order valence-corrected chi connectivity index (χ1v) is 4.22. The van der Waals surface area contributed by atoms with Crippen LogP contribution in [-0.4, -0.2) is 15.3 Å². The monoisotopic (exact) mass is 164 g/mol. The molecule has 1 fully saturated rings. The zero-order valence-electron chi connectivity index (χ0n) is 7.37. The Balaban J connectivity index is 2.36. The molecule has 0 N–H and O–H groups in total. The fraction of sp³-hybridized carbons (Fsp3) is 0.556. The summed E-state index contributed by atoms with van der Waals surface area (Å²) >= 11 is 0. The molecular weight excluding hydrogens is 152 g/mol. The van der Waals surface area contributed by atoms with E-state index in [1.165, 1.54) is 12.8 Å². The van der Waals surface area contributed by atoms with E-state index < -0.39 is 0 Å². The van der Waals surface area contributed by atoms with Crippen molar-refractivity contribution in [1.29, 1.82) is 0 Å². The van der Waals surface area contributed by atoms with Crippen LogP contribution in [0.15, 0.2) is 6.20 Å². The van der Waals surface area contributed by atoms with Crippen LogP contribution >= 0.6 is 0 Å². The molecule has 0 unspecified atom stereocenters. The molecule has 1 aliphatic carbocycles. The second-order valence-electron chi connectivity index (χ2n) is 3.43. The molecule has 64 valence electrons. The summed E-state index contributed by atoms with van der Waals surface area (Å²) in [5.74, 6) is 1.26. The topological polar surface area (TPSA) is 34.9 Å². The highest BCUT2D eigenvalue weighted by molar-refractivity contribution is 5.90. The Labute approximate surface area is 71.4 Å². The maximum atomic E-state index is 11.0. The van der Waals surface area contributed by atoms with Crippen LogP contribution in [0.5, 0.6) is 0 Å². The van der Waals surface area contributed by atoms with Crippen molar-refractivity contribution in [2.75, 3.05) is 0 Å². The Kier molecular flexibility index (Phi) is 1.53. The highest BCUT2D eigenvalue weighted by Gasteiger charge is 2.27. The largest absolute Gasteiger partial charge is 0.331 e. The van der Waals surface area contributed by atoms with E-state index in [1.807, 2.05) is 17.8 Å². The number of hydrogen-bond donors (Lipinski definition) is 0. The van der Waals surface area contributed by atoms with Crippen molar-refractivity contribution in [3.63, 3.8) is 0 Å². The van der Waals surface area contributed by atoms with Crippen molar-refractivity contribution in [2.45, 2.75) is 25.7 Å². The zero-order valence-corrected chi connectivity index (χ0v) is 7.37. The SMILES string of the molecule is CC(=O)c1nc(C2CC2)cn1C. The highest BCUT2D eigenvalue weighted by atomic mass is 16.1. The van der Waals surface area contributed by atoms with Gasteiger partial charge in [0, 0.05) is 26.1 Å². The second-order valence-corrected chi connectivity index (χ2v) is 3.43. The Morgan fingerprint density at radius 3 is 2.75 bits per heavy atom. The van der Waals surface area contributed by atoms with Crippen molar-refractivity contribution in [2.24, 2.45) is 7.05 Å². The van der Waals surface area contributed by atoms with Gasteiger partial charge in [-0.3, -0.25) is 4.79 Å². The van der Waals surface area contributed by atoms with Gasteiger partial charge in [-0.05, 0) is 12.8 Å². The lowest BCUT2D eigenvalue weighted by molar-refractivity contribution is 0.100. The third-order valence-electron chi connectivity index (χ3n) is 2.21. The Morgan fingerprint density at radius 1 is 1.67 bits per heavy atom. The van der Waals surface area contributed by atoms with Gasteiger partial charge in [0.2, 0.25) is 0 Å². The smallest absolute Gasteiger partial charge is 0.195 e. The molecule has 0 radical (unpaired) electrons. The van der Waals surface area contributed by atoms with E-state index in [0.29, 0.717) is 11.7 Å². The van der Waals surface area contributed by atoms with Crippen LogP contribution in [0.3, 0.4) is 0 Å². The fourth-order valence-corrected chi connectivity index (χ4v) is 1.39. The van der Waals surface area contributed by atoms with Crippen LogP contribution in [0.4, 0.5) is 0 Å². The normalized spacial score (nSPS) is 16.5. The molecule has 0 atom stereocenters. The summed E-state index contributed by atoms with van der Waals surface area (Å²) in [6, 6.07) is 0. The van der Waals surface area contributed by atoms with Crippen molar-refractivity contribution in [1.82, 2.24) is 9.55 Å². The second kappa shape index (κ2) is 2.44. The van der Waals surface area contributed by atoms with Crippen LogP contribution in [0.1, 0.15) is 42.0 Å². The molecule has 0 amide bonds. The summed E-state index contributed by atoms with van der Waals surface area (Å²) < 4.78 is 1.82. The van der Waals surface area contributed by atoms with Crippen molar-refractivity contribution in [3.8, 4) is 0 Å². The number of ketones is 1. The summed E-state index contributed by atoms with van der Waals surface area (Å²) in [4.78, 5) is 15.3. The number of rotatable bonds is 2. The van der Waals surface area contributed by atoms with Gasteiger partial charge in [-0.1, -0.05) is 0 Å². The maximum absolute atomic E-state index is 11.0. The molecule has 12 heavy (non-hydrogen) atoms. The number of imidazole rings is 1. The average Bonchev–Trinajstić information content (AvgIpc) is 2.75. The number of carbonyl (C=O) groups excluding carboxylic acids is 1. The molecule has 1 aromatic heterocycles. The van der Waals surface area contributed by atoms with Gasteiger partial charge in [0.15, 0.2) is 11.6 Å². The van der Waals surface area contributed by atoms with Gasteiger partial charge in [0.1, 0.15) is 0 Å². The van der Waals surface area contributed by atoms with Gasteiger partial charge < -0.3 is 4.57 Å². The van der Waals surface area contributed by atoms with Gasteiger partial charge >= 0.3 is 0 Å². The molecule has 0 saturated heterocycles. The van der Waals surface area contributed by atoms with E-state index in [4.69, 9.17) is 0 Å². The molecule has 1 heterocycles. The van der Waals surface area contributed by atoms with Crippen LogP contribution < -0.4 is 0 Å². The molecule has 1 saturated carbocycles. The molecule has 0 bridgehead atoms. The molecule has 3 nitrogen and oxygen atoms in total. The van der Waals surface area contributed by atoms with Gasteiger partial charge in [-0.25, -0.2) is 4.98 Å². The summed E-state index contributed by atoms with van der Waals surface area (Å²) in [6.07, 6.45) is 4.43. The van der Waals surface area contributed by atoms with E-state index >= 15 is 0 Å². The van der Waals surface area contributed by atoms with E-state index in [2.05, 4.69) is 4.98 Å². The minimum atomic E-state index is 0.0457. The van der Waals surface area contributed by atoms with Gasteiger partial charge in [-0.15, -0.1) is 0 Å². The summed E-state index contributed by atoms with van der Waals surface area (Å²) in [5.41, 5.74) is 1.09. The number of nitrogens with zero attached hydrogens (tertiary/aromatic N) is 2. The first-order chi connectivity index (χ1) is 5.68. The van der Waals surface area contributed by atoms with Crippen LogP contribution in [0, 0.1) is 0 Å². The molecule has 0 aliphatic heterocycles. The van der Waals surface area contributed by atoms with E-state index in [-0.39, 0.29) is 5.78 Å². The van der Waals surface area contributed by atoms with E-state index in [1.54, 1.807) is 6.92 Å².